The van der Waals surface area contributed by atoms with E-state index in [0.717, 1.165) is 24.1 Å². The van der Waals surface area contributed by atoms with Crippen molar-refractivity contribution in [3.63, 3.8) is 0 Å². The van der Waals surface area contributed by atoms with Crippen molar-refractivity contribution in [1.82, 2.24) is 24.6 Å². The van der Waals surface area contributed by atoms with Gasteiger partial charge in [-0.2, -0.15) is 5.10 Å². The number of primary amides is 1. The Morgan fingerprint density at radius 2 is 1.94 bits per heavy atom. The maximum absolute atomic E-state index is 12.9. The third-order valence-electron chi connectivity index (χ3n) is 4.87. The third kappa shape index (κ3) is 5.08. The first kappa shape index (κ1) is 22.0. The van der Waals surface area contributed by atoms with E-state index in [1.165, 1.54) is 6.92 Å². The zero-order valence-electron chi connectivity index (χ0n) is 17.9. The molecule has 10 nitrogen and oxygen atoms in total. The molecule has 3 amide bonds. The normalized spacial score (nSPS) is 10.9. The van der Waals surface area contributed by atoms with Crippen molar-refractivity contribution in [3.05, 3.63) is 41.2 Å². The topological polar surface area (TPSA) is 137 Å². The van der Waals surface area contributed by atoms with E-state index in [4.69, 9.17) is 5.73 Å². The Balaban J connectivity index is 1.89. The molecule has 2 heterocycles. The van der Waals surface area contributed by atoms with E-state index in [-0.39, 0.29) is 11.8 Å². The molecule has 0 aliphatic heterocycles. The number of unbranched alkanes of at least 4 members (excludes halogenated alkanes) is 1. The van der Waals surface area contributed by atoms with Gasteiger partial charge >= 0.3 is 0 Å². The maximum Gasteiger partial charge on any atom is 0.276 e. The van der Waals surface area contributed by atoms with Crippen LogP contribution in [0.2, 0.25) is 0 Å². The highest BCUT2D eigenvalue weighted by atomic mass is 16.2. The summed E-state index contributed by atoms with van der Waals surface area (Å²) in [6.45, 7) is 6.95. The van der Waals surface area contributed by atoms with Gasteiger partial charge in [0.2, 0.25) is 17.8 Å². The van der Waals surface area contributed by atoms with Crippen LogP contribution in [0.5, 0.6) is 0 Å². The van der Waals surface area contributed by atoms with Gasteiger partial charge in [-0.25, -0.2) is 4.98 Å². The second-order valence-electron chi connectivity index (χ2n) is 7.29. The fraction of sp³-hybridized carbons (Fsp3) is 0.381. The van der Waals surface area contributed by atoms with Gasteiger partial charge < -0.3 is 15.6 Å². The Hall–Kier alpha value is -3.69. The monoisotopic (exact) mass is 425 g/mol. The number of benzene rings is 1. The van der Waals surface area contributed by atoms with Gasteiger partial charge in [0, 0.05) is 32.1 Å². The molecular weight excluding hydrogens is 398 g/mol. The number of aromatic nitrogens is 4. The van der Waals surface area contributed by atoms with E-state index in [1.54, 1.807) is 28.9 Å². The Kier molecular flexibility index (Phi) is 6.68. The second kappa shape index (κ2) is 9.41. The molecule has 0 unspecified atom stereocenters. The maximum atomic E-state index is 12.9. The fourth-order valence-electron chi connectivity index (χ4n) is 3.40. The van der Waals surface area contributed by atoms with Gasteiger partial charge in [-0.1, -0.05) is 0 Å². The van der Waals surface area contributed by atoms with E-state index in [9.17, 15) is 14.4 Å². The summed E-state index contributed by atoms with van der Waals surface area (Å²) in [6, 6.07) is 6.75. The second-order valence-corrected chi connectivity index (χ2v) is 7.29. The lowest BCUT2D eigenvalue weighted by Gasteiger charge is -2.11. The van der Waals surface area contributed by atoms with E-state index in [2.05, 4.69) is 20.7 Å². The van der Waals surface area contributed by atoms with Gasteiger partial charge in [0.05, 0.1) is 16.7 Å². The number of nitrogens with zero attached hydrogens (tertiary/aromatic N) is 4. The van der Waals surface area contributed by atoms with Gasteiger partial charge in [-0.3, -0.25) is 24.4 Å². The summed E-state index contributed by atoms with van der Waals surface area (Å²) < 4.78 is 3.53. The van der Waals surface area contributed by atoms with E-state index in [0.29, 0.717) is 42.4 Å². The van der Waals surface area contributed by atoms with Crippen LogP contribution in [0.4, 0.5) is 5.95 Å². The summed E-state index contributed by atoms with van der Waals surface area (Å²) in [5, 5.41) is 9.96. The van der Waals surface area contributed by atoms with Crippen LogP contribution in [0, 0.1) is 6.92 Å². The molecule has 0 atom stereocenters. The predicted molar refractivity (Wildman–Crippen MR) is 117 cm³/mol. The molecule has 1 aromatic carbocycles. The molecule has 4 N–H and O–H groups in total. The Labute approximate surface area is 179 Å². The lowest BCUT2D eigenvalue weighted by molar-refractivity contribution is -0.118. The number of nitrogens with two attached hydrogens (primary N) is 1. The van der Waals surface area contributed by atoms with Gasteiger partial charge in [0.25, 0.3) is 5.91 Å². The van der Waals surface area contributed by atoms with Crippen LogP contribution >= 0.6 is 0 Å². The van der Waals surface area contributed by atoms with Gasteiger partial charge in [0.15, 0.2) is 0 Å². The number of hydrogen-bond acceptors (Lipinski definition) is 5. The minimum absolute atomic E-state index is 0.0668. The highest BCUT2D eigenvalue weighted by Crippen LogP contribution is 2.22. The molecule has 0 saturated heterocycles. The highest BCUT2D eigenvalue weighted by Gasteiger charge is 2.18. The van der Waals surface area contributed by atoms with Crippen LogP contribution in [0.25, 0.3) is 11.0 Å². The molecule has 2 aromatic heterocycles. The number of imidazole rings is 1. The lowest BCUT2D eigenvalue weighted by atomic mass is 10.2. The van der Waals surface area contributed by atoms with Gasteiger partial charge in [0.1, 0.15) is 5.69 Å². The smallest absolute Gasteiger partial charge is 0.276 e. The number of aryl methyl sites for hydroxylation is 3. The summed E-state index contributed by atoms with van der Waals surface area (Å²) in [7, 11) is 0. The summed E-state index contributed by atoms with van der Waals surface area (Å²) in [5.41, 5.74) is 8.28. The highest BCUT2D eigenvalue weighted by molar-refractivity contribution is 6.03. The molecular formula is C21H27N7O3. The molecule has 31 heavy (non-hydrogen) atoms. The van der Waals surface area contributed by atoms with Crippen molar-refractivity contribution in [2.24, 2.45) is 5.73 Å². The van der Waals surface area contributed by atoms with Crippen molar-refractivity contribution in [3.8, 4) is 0 Å². The standard InChI is InChI=1S/C21H27N7O3/c1-4-28-18(11-13(2)26-28)20(31)25-21-24-16-12-15(19(22)30)7-8-17(16)27(21)10-6-5-9-23-14(3)29/h7-8,11-12H,4-6,9-10H2,1-3H3,(H2,22,30)(H,23,29)(H,24,25,31). The van der Waals surface area contributed by atoms with Crippen LogP contribution < -0.4 is 16.4 Å². The lowest BCUT2D eigenvalue weighted by Crippen LogP contribution is -2.21. The summed E-state index contributed by atoms with van der Waals surface area (Å²) in [6.07, 6.45) is 1.53. The molecule has 0 spiro atoms. The molecule has 0 aliphatic carbocycles. The quantitative estimate of drug-likeness (QED) is 0.449. The molecule has 0 radical (unpaired) electrons. The first-order valence-electron chi connectivity index (χ1n) is 10.2. The molecule has 0 saturated carbocycles. The number of fused-ring (bicyclic) bond motifs is 1. The SMILES string of the molecule is CCn1nc(C)cc1C(=O)Nc1nc2cc(C(N)=O)ccc2n1CCCCNC(C)=O. The average molecular weight is 425 g/mol. The number of amides is 3. The molecule has 164 valence electrons. The van der Waals surface area contributed by atoms with Crippen LogP contribution in [0.15, 0.2) is 24.3 Å². The Morgan fingerprint density at radius 1 is 1.16 bits per heavy atom. The van der Waals surface area contributed by atoms with E-state index >= 15 is 0 Å². The summed E-state index contributed by atoms with van der Waals surface area (Å²) in [5.74, 6) is -0.544. The number of hydrogen-bond donors (Lipinski definition) is 3. The van der Waals surface area contributed by atoms with Crippen molar-refractivity contribution in [2.45, 2.75) is 46.7 Å². The molecule has 10 heteroatoms. The number of anilines is 1. The van der Waals surface area contributed by atoms with Gasteiger partial charge in [-0.15, -0.1) is 0 Å². The fourth-order valence-corrected chi connectivity index (χ4v) is 3.40. The minimum atomic E-state index is -0.542. The first-order chi connectivity index (χ1) is 14.8. The largest absolute Gasteiger partial charge is 0.366 e. The number of carbonyl (C=O) groups excluding carboxylic acids is 3. The van der Waals surface area contributed by atoms with Crippen LogP contribution in [-0.4, -0.2) is 43.6 Å². The van der Waals surface area contributed by atoms with Gasteiger partial charge in [-0.05, 0) is 51.0 Å². The van der Waals surface area contributed by atoms with E-state index in [1.807, 2.05) is 18.4 Å². The summed E-state index contributed by atoms with van der Waals surface area (Å²) in [4.78, 5) is 40.0. The average Bonchev–Trinajstić information content (AvgIpc) is 3.26. The van der Waals surface area contributed by atoms with Crippen LogP contribution in [-0.2, 0) is 17.9 Å². The molecule has 0 bridgehead atoms. The first-order valence-corrected chi connectivity index (χ1v) is 10.2. The van der Waals surface area contributed by atoms with Crippen molar-refractivity contribution in [1.29, 1.82) is 0 Å². The molecule has 3 aromatic rings. The number of carbonyl (C=O) groups is 3. The molecule has 3 rings (SSSR count). The Morgan fingerprint density at radius 3 is 2.61 bits per heavy atom. The molecule has 0 aliphatic rings. The zero-order valence-corrected chi connectivity index (χ0v) is 17.9. The third-order valence-corrected chi connectivity index (χ3v) is 4.87. The minimum Gasteiger partial charge on any atom is -0.366 e. The zero-order chi connectivity index (χ0) is 22.5. The molecule has 0 fully saturated rings. The van der Waals surface area contributed by atoms with E-state index < -0.39 is 5.91 Å². The predicted octanol–water partition coefficient (Wildman–Crippen LogP) is 1.83. The number of rotatable bonds is 9. The van der Waals surface area contributed by atoms with Crippen molar-refractivity contribution >= 4 is 34.7 Å². The summed E-state index contributed by atoms with van der Waals surface area (Å²) >= 11 is 0. The van der Waals surface area contributed by atoms with Crippen LogP contribution in [0.1, 0.15) is 53.2 Å². The van der Waals surface area contributed by atoms with Crippen molar-refractivity contribution < 1.29 is 14.4 Å². The number of nitrogens with one attached hydrogen (secondary N) is 2. The van der Waals surface area contributed by atoms with Crippen LogP contribution in [0.3, 0.4) is 0 Å². The van der Waals surface area contributed by atoms with Crippen molar-refractivity contribution in [2.75, 3.05) is 11.9 Å². The Bertz CT molecular complexity index is 1130.